The van der Waals surface area contributed by atoms with Gasteiger partial charge in [0, 0.05) is 24.6 Å². The maximum atomic E-state index is 12.1. The van der Waals surface area contributed by atoms with E-state index in [9.17, 15) is 9.90 Å². The number of aryl methyl sites for hydroxylation is 1. The predicted molar refractivity (Wildman–Crippen MR) is 84.5 cm³/mol. The summed E-state index contributed by atoms with van der Waals surface area (Å²) in [7, 11) is 0. The Morgan fingerprint density at radius 2 is 2.14 bits per heavy atom. The summed E-state index contributed by atoms with van der Waals surface area (Å²) < 4.78 is 2.07. The Kier molecular flexibility index (Phi) is 4.24. The normalized spacial score (nSPS) is 21.0. The van der Waals surface area contributed by atoms with Crippen molar-refractivity contribution >= 4 is 11.6 Å². The van der Waals surface area contributed by atoms with Crippen LogP contribution in [0.3, 0.4) is 0 Å². The third kappa shape index (κ3) is 3.20. The summed E-state index contributed by atoms with van der Waals surface area (Å²) in [6.07, 6.45) is 5.65. The Balaban J connectivity index is 1.62. The Morgan fingerprint density at radius 1 is 1.36 bits per heavy atom. The van der Waals surface area contributed by atoms with E-state index in [-0.39, 0.29) is 11.8 Å². The first-order valence-electron chi connectivity index (χ1n) is 7.69. The lowest BCUT2D eigenvalue weighted by atomic mass is 10.1. The molecule has 1 amide bonds. The number of carbonyl (C=O) groups is 1. The lowest BCUT2D eigenvalue weighted by Gasteiger charge is -2.14. The number of hydrogen-bond donors (Lipinski definition) is 2. The fourth-order valence-electron chi connectivity index (χ4n) is 2.94. The molecule has 1 aromatic heterocycles. The molecule has 2 atom stereocenters. The number of hydrogen-bond acceptors (Lipinski definition) is 3. The highest BCUT2D eigenvalue weighted by atomic mass is 16.3. The van der Waals surface area contributed by atoms with E-state index in [1.165, 1.54) is 0 Å². The summed E-state index contributed by atoms with van der Waals surface area (Å²) in [4.78, 5) is 16.3. The summed E-state index contributed by atoms with van der Waals surface area (Å²) in [5.41, 5.74) is 1.93. The van der Waals surface area contributed by atoms with Crippen molar-refractivity contribution in [2.24, 2.45) is 5.92 Å². The van der Waals surface area contributed by atoms with Gasteiger partial charge in [-0.3, -0.25) is 4.79 Å². The van der Waals surface area contributed by atoms with Crippen LogP contribution < -0.4 is 5.32 Å². The van der Waals surface area contributed by atoms with Gasteiger partial charge in [0.1, 0.15) is 5.82 Å². The molecule has 0 aliphatic heterocycles. The minimum atomic E-state index is -0.497. The number of aliphatic hydroxyl groups excluding tert-OH is 1. The first kappa shape index (κ1) is 14.8. The average molecular weight is 299 g/mol. The molecule has 0 saturated heterocycles. The summed E-state index contributed by atoms with van der Waals surface area (Å²) >= 11 is 0. The van der Waals surface area contributed by atoms with Crippen molar-refractivity contribution < 1.29 is 9.90 Å². The third-order valence-electron chi connectivity index (χ3n) is 4.31. The molecule has 1 heterocycles. The molecular formula is C17H21N3O2. The van der Waals surface area contributed by atoms with Crippen molar-refractivity contribution in [1.29, 1.82) is 0 Å². The molecule has 0 spiro atoms. The molecule has 5 heteroatoms. The van der Waals surface area contributed by atoms with Gasteiger partial charge >= 0.3 is 0 Å². The van der Waals surface area contributed by atoms with E-state index >= 15 is 0 Å². The van der Waals surface area contributed by atoms with Crippen molar-refractivity contribution in [2.45, 2.75) is 38.8 Å². The van der Waals surface area contributed by atoms with E-state index in [1.807, 2.05) is 37.4 Å². The molecular weight excluding hydrogens is 278 g/mol. The fourth-order valence-corrected chi connectivity index (χ4v) is 2.94. The van der Waals surface area contributed by atoms with Crippen LogP contribution in [-0.4, -0.2) is 26.7 Å². The van der Waals surface area contributed by atoms with E-state index in [0.29, 0.717) is 0 Å². The second kappa shape index (κ2) is 6.32. The van der Waals surface area contributed by atoms with Crippen molar-refractivity contribution in [3.05, 3.63) is 48.0 Å². The number of carbonyl (C=O) groups excluding carboxylic acids is 1. The Hall–Kier alpha value is -2.14. The molecule has 1 aliphatic rings. The Labute approximate surface area is 130 Å². The lowest BCUT2D eigenvalue weighted by molar-refractivity contribution is -0.122. The number of rotatable bonds is 4. The van der Waals surface area contributed by atoms with Crippen LogP contribution in [0.15, 0.2) is 36.7 Å². The zero-order valence-electron chi connectivity index (χ0n) is 12.7. The van der Waals surface area contributed by atoms with Gasteiger partial charge in [0.25, 0.3) is 0 Å². The van der Waals surface area contributed by atoms with Gasteiger partial charge in [-0.1, -0.05) is 12.1 Å². The highest BCUT2D eigenvalue weighted by Crippen LogP contribution is 2.26. The van der Waals surface area contributed by atoms with Crippen LogP contribution >= 0.6 is 0 Å². The average Bonchev–Trinajstić information content (AvgIpc) is 3.10. The number of amides is 1. The van der Waals surface area contributed by atoms with Crippen LogP contribution in [0, 0.1) is 12.8 Å². The monoisotopic (exact) mass is 299 g/mol. The summed E-state index contributed by atoms with van der Waals surface area (Å²) in [6, 6.07) is 7.81. The van der Waals surface area contributed by atoms with E-state index in [4.69, 9.17) is 0 Å². The molecule has 2 unspecified atom stereocenters. The second-order valence-corrected chi connectivity index (χ2v) is 5.89. The third-order valence-corrected chi connectivity index (χ3v) is 4.31. The molecule has 2 aromatic rings. The highest BCUT2D eigenvalue weighted by molar-refractivity contribution is 5.93. The largest absolute Gasteiger partial charge is 0.392 e. The number of benzene rings is 1. The first-order chi connectivity index (χ1) is 10.6. The Morgan fingerprint density at radius 3 is 2.73 bits per heavy atom. The molecule has 5 nitrogen and oxygen atoms in total. The van der Waals surface area contributed by atoms with E-state index in [0.717, 1.165) is 42.9 Å². The van der Waals surface area contributed by atoms with Crippen molar-refractivity contribution in [1.82, 2.24) is 9.55 Å². The Bertz CT molecular complexity index is 648. The second-order valence-electron chi connectivity index (χ2n) is 5.89. The van der Waals surface area contributed by atoms with Crippen LogP contribution in [0.4, 0.5) is 5.69 Å². The molecule has 0 bridgehead atoms. The molecule has 1 saturated carbocycles. The standard InChI is InChI=1S/C17H21N3O2/c1-12-18-9-10-20(12)11-13-5-7-14(8-6-13)19-17(22)15-3-2-4-16(15)21/h5-10,15-16,21H,2-4,11H2,1H3,(H,19,22). The molecule has 1 fully saturated rings. The van der Waals surface area contributed by atoms with Crippen LogP contribution in [0.5, 0.6) is 0 Å². The van der Waals surface area contributed by atoms with E-state index in [2.05, 4.69) is 14.9 Å². The molecule has 116 valence electrons. The number of imidazole rings is 1. The molecule has 2 N–H and O–H groups in total. The lowest BCUT2D eigenvalue weighted by Crippen LogP contribution is -2.28. The van der Waals surface area contributed by atoms with Gasteiger partial charge in [0.05, 0.1) is 12.0 Å². The van der Waals surface area contributed by atoms with Gasteiger partial charge in [-0.25, -0.2) is 4.98 Å². The molecule has 1 aromatic carbocycles. The molecule has 0 radical (unpaired) electrons. The minimum absolute atomic E-state index is 0.0804. The number of anilines is 1. The van der Waals surface area contributed by atoms with Gasteiger partial charge in [-0.15, -0.1) is 0 Å². The highest BCUT2D eigenvalue weighted by Gasteiger charge is 2.31. The van der Waals surface area contributed by atoms with E-state index in [1.54, 1.807) is 6.20 Å². The first-order valence-corrected chi connectivity index (χ1v) is 7.69. The van der Waals surface area contributed by atoms with Gasteiger partial charge in [0.15, 0.2) is 0 Å². The quantitative estimate of drug-likeness (QED) is 0.910. The van der Waals surface area contributed by atoms with Crippen molar-refractivity contribution in [3.63, 3.8) is 0 Å². The molecule has 3 rings (SSSR count). The zero-order valence-corrected chi connectivity index (χ0v) is 12.7. The number of nitrogens with zero attached hydrogens (tertiary/aromatic N) is 2. The molecule has 22 heavy (non-hydrogen) atoms. The van der Waals surface area contributed by atoms with Gasteiger partial charge in [-0.05, 0) is 43.9 Å². The fraction of sp³-hybridized carbons (Fsp3) is 0.412. The van der Waals surface area contributed by atoms with Crippen molar-refractivity contribution in [2.75, 3.05) is 5.32 Å². The van der Waals surface area contributed by atoms with Gasteiger partial charge in [0.2, 0.25) is 5.91 Å². The maximum absolute atomic E-state index is 12.1. The predicted octanol–water partition coefficient (Wildman–Crippen LogP) is 2.34. The van der Waals surface area contributed by atoms with Crippen molar-refractivity contribution in [3.8, 4) is 0 Å². The minimum Gasteiger partial charge on any atom is -0.392 e. The maximum Gasteiger partial charge on any atom is 0.230 e. The number of aliphatic hydroxyl groups is 1. The van der Waals surface area contributed by atoms with Crippen LogP contribution in [0.2, 0.25) is 0 Å². The number of nitrogens with one attached hydrogen (secondary N) is 1. The van der Waals surface area contributed by atoms with Gasteiger partial charge in [-0.2, -0.15) is 0 Å². The summed E-state index contributed by atoms with van der Waals surface area (Å²) in [6.45, 7) is 2.74. The SMILES string of the molecule is Cc1nccn1Cc1ccc(NC(=O)C2CCCC2O)cc1. The van der Waals surface area contributed by atoms with E-state index < -0.39 is 6.10 Å². The topological polar surface area (TPSA) is 67.2 Å². The summed E-state index contributed by atoms with van der Waals surface area (Å²) in [5.74, 6) is 0.629. The smallest absolute Gasteiger partial charge is 0.230 e. The zero-order chi connectivity index (χ0) is 15.5. The van der Waals surface area contributed by atoms with Crippen LogP contribution in [0.1, 0.15) is 30.7 Å². The van der Waals surface area contributed by atoms with Crippen LogP contribution in [-0.2, 0) is 11.3 Å². The summed E-state index contributed by atoms with van der Waals surface area (Å²) in [5, 5.41) is 12.7. The van der Waals surface area contributed by atoms with Crippen LogP contribution in [0.25, 0.3) is 0 Å². The molecule has 1 aliphatic carbocycles. The van der Waals surface area contributed by atoms with Gasteiger partial charge < -0.3 is 15.0 Å². The number of aromatic nitrogens is 2.